The van der Waals surface area contributed by atoms with E-state index in [1.54, 1.807) is 6.20 Å². The molecule has 0 bridgehead atoms. The van der Waals surface area contributed by atoms with Gasteiger partial charge in [0.2, 0.25) is 17.1 Å². The number of pyridine rings is 1. The summed E-state index contributed by atoms with van der Waals surface area (Å²) in [6.45, 7) is 0. The van der Waals surface area contributed by atoms with Crippen molar-refractivity contribution >= 4 is 63.5 Å². The number of carboxylic acids is 1. The van der Waals surface area contributed by atoms with Crippen molar-refractivity contribution in [2.24, 2.45) is 5.16 Å². The molecule has 1 saturated heterocycles. The van der Waals surface area contributed by atoms with E-state index in [2.05, 4.69) is 35.0 Å². The topological polar surface area (TPSA) is 190 Å². The van der Waals surface area contributed by atoms with Crippen LogP contribution in [-0.4, -0.2) is 62.8 Å². The van der Waals surface area contributed by atoms with Gasteiger partial charge in [-0.3, -0.25) is 14.5 Å². The maximum Gasteiger partial charge on any atom is 0.319 e. The number of nitrogens with one attached hydrogen (secondary N) is 2. The van der Waals surface area contributed by atoms with Crippen LogP contribution in [0.3, 0.4) is 0 Å². The van der Waals surface area contributed by atoms with E-state index < -0.39 is 29.2 Å². The van der Waals surface area contributed by atoms with Crippen molar-refractivity contribution in [3.05, 3.63) is 45.7 Å². The van der Waals surface area contributed by atoms with Gasteiger partial charge in [-0.15, -0.1) is 23.1 Å². The number of aromatic nitrogens is 3. The largest absolute Gasteiger partial charge is 0.543 e. The summed E-state index contributed by atoms with van der Waals surface area (Å²) in [4.78, 5) is 50.5. The third-order valence-corrected chi connectivity index (χ3v) is 7.60. The molecule has 2 amide bonds. The van der Waals surface area contributed by atoms with Crippen molar-refractivity contribution in [3.8, 4) is 0 Å². The van der Waals surface area contributed by atoms with Crippen molar-refractivity contribution in [2.45, 2.75) is 17.8 Å². The van der Waals surface area contributed by atoms with Crippen LogP contribution in [0, 0.1) is 0 Å². The molecular weight excluding hydrogens is 498 g/mol. The van der Waals surface area contributed by atoms with Crippen molar-refractivity contribution in [1.29, 1.82) is 0 Å². The average Bonchev–Trinajstić information content (AvgIpc) is 3.49. The average molecular weight is 516 g/mol. The molecule has 0 radical (unpaired) electrons. The Morgan fingerprint density at radius 2 is 2.29 bits per heavy atom. The van der Waals surface area contributed by atoms with Crippen LogP contribution in [0.2, 0.25) is 0 Å². The first kappa shape index (κ1) is 22.8. The molecule has 5 rings (SSSR count). The van der Waals surface area contributed by atoms with Crippen LogP contribution in [0.4, 0.5) is 6.01 Å². The van der Waals surface area contributed by atoms with Crippen LogP contribution in [0.1, 0.15) is 11.4 Å². The van der Waals surface area contributed by atoms with Gasteiger partial charge in [0.1, 0.15) is 18.5 Å². The molecule has 15 heteroatoms. The number of carbonyl (C=O) groups is 3. The Balaban J connectivity index is 1.38. The Morgan fingerprint density at radius 3 is 3.00 bits per heavy atom. The van der Waals surface area contributed by atoms with Gasteiger partial charge in [-0.2, -0.15) is 4.98 Å². The molecule has 1 fully saturated rings. The lowest BCUT2D eigenvalue weighted by molar-refractivity contribution is -0.344. The van der Waals surface area contributed by atoms with Crippen molar-refractivity contribution in [1.82, 2.24) is 20.4 Å². The first-order valence-electron chi connectivity index (χ1n) is 10.1. The first-order valence-corrected chi connectivity index (χ1v) is 12.1. The zero-order valence-electron chi connectivity index (χ0n) is 18.0. The van der Waals surface area contributed by atoms with Gasteiger partial charge < -0.3 is 30.3 Å². The molecule has 35 heavy (non-hydrogen) atoms. The zero-order chi connectivity index (χ0) is 24.7. The van der Waals surface area contributed by atoms with Gasteiger partial charge in [0.25, 0.3) is 11.8 Å². The molecule has 3 aromatic rings. The van der Waals surface area contributed by atoms with Gasteiger partial charge in [0.05, 0.1) is 22.4 Å². The molecule has 180 valence electrons. The zero-order valence-corrected chi connectivity index (χ0v) is 19.6. The van der Waals surface area contributed by atoms with Crippen LogP contribution in [0.15, 0.2) is 44.0 Å². The number of fused-ring (bicyclic) bond motifs is 2. The quantitative estimate of drug-likeness (QED) is 0.217. The number of carbonyl (C=O) groups excluding carboxylic acids is 3. The summed E-state index contributed by atoms with van der Waals surface area (Å²) in [6.07, 6.45) is 2.13. The number of aliphatic carboxylic acids is 1. The van der Waals surface area contributed by atoms with Gasteiger partial charge >= 0.3 is 6.01 Å². The maximum absolute atomic E-state index is 13.0. The highest BCUT2D eigenvalue weighted by molar-refractivity contribution is 8.00. The van der Waals surface area contributed by atoms with E-state index >= 15 is 0 Å². The molecule has 1 unspecified atom stereocenters. The number of hydrogen-bond donors (Lipinski definition) is 2. The fourth-order valence-electron chi connectivity index (χ4n) is 3.99. The molecule has 5 heterocycles. The molecule has 0 aliphatic carbocycles. The fraction of sp³-hybridized carbons (Fsp3) is 0.250. The van der Waals surface area contributed by atoms with E-state index in [9.17, 15) is 19.5 Å². The molecule has 2 atom stereocenters. The number of aromatic amines is 1. The Labute approximate surface area is 205 Å². The lowest BCUT2D eigenvalue weighted by Gasteiger charge is -2.50. The number of H-pyrrole nitrogens is 1. The van der Waals surface area contributed by atoms with E-state index in [1.165, 1.54) is 30.2 Å². The minimum atomic E-state index is -1.45. The SMILES string of the molecule is CON=C(C(=O)NC1C(=O)N2C(C(=O)[O-])=C(Cc3cc[nH+]c4cscc34)CS[C@H]12)c1noc(N)n1. The second-order valence-corrected chi connectivity index (χ2v) is 9.41. The number of thioether (sulfide) groups is 1. The van der Waals surface area contributed by atoms with Crippen LogP contribution in [0.25, 0.3) is 10.9 Å². The smallest absolute Gasteiger partial charge is 0.319 e. The summed E-state index contributed by atoms with van der Waals surface area (Å²) in [5.74, 6) is -2.72. The van der Waals surface area contributed by atoms with Crippen molar-refractivity contribution in [2.75, 3.05) is 18.6 Å². The van der Waals surface area contributed by atoms with E-state index in [0.29, 0.717) is 17.7 Å². The predicted octanol–water partition coefficient (Wildman–Crippen LogP) is -1.32. The third kappa shape index (κ3) is 3.97. The Kier molecular flexibility index (Phi) is 5.86. The second kappa shape index (κ2) is 8.99. The van der Waals surface area contributed by atoms with Gasteiger partial charge in [-0.1, -0.05) is 10.3 Å². The number of carboxylic acid groups (broad SMARTS) is 1. The molecule has 2 aliphatic heterocycles. The number of amides is 2. The molecule has 0 spiro atoms. The number of nitrogens with two attached hydrogens (primary N) is 1. The van der Waals surface area contributed by atoms with Crippen LogP contribution >= 0.6 is 23.1 Å². The minimum Gasteiger partial charge on any atom is -0.543 e. The second-order valence-electron chi connectivity index (χ2n) is 7.56. The number of anilines is 1. The van der Waals surface area contributed by atoms with Gasteiger partial charge in [-0.05, 0) is 17.6 Å². The van der Waals surface area contributed by atoms with Crippen LogP contribution in [-0.2, 0) is 25.6 Å². The molecule has 13 nitrogen and oxygen atoms in total. The van der Waals surface area contributed by atoms with Crippen molar-refractivity contribution < 1.29 is 33.8 Å². The molecule has 2 aliphatic rings. The number of oxime groups is 1. The molecule has 3 aromatic heterocycles. The summed E-state index contributed by atoms with van der Waals surface area (Å²) in [7, 11) is 1.22. The van der Waals surface area contributed by atoms with E-state index in [-0.39, 0.29) is 23.2 Å². The molecule has 4 N–H and O–H groups in total. The summed E-state index contributed by atoms with van der Waals surface area (Å²) in [5, 5.41) is 26.0. The van der Waals surface area contributed by atoms with Gasteiger partial charge in [-0.25, -0.2) is 4.98 Å². The summed E-state index contributed by atoms with van der Waals surface area (Å²) >= 11 is 2.88. The standard InChI is InChI=1S/C20H17N7O6S2/c1-32-25-12(15-24-20(21)33-26-15)16(28)23-13-17(29)27-14(19(30)31)9(5-35-18(13)27)4-8-2-3-22-11-7-34-6-10(8)11/h2-3,6-7,13,18H,4-5H2,1H3,(H,23,28)(H,30,31)(H2,21,24,26)/t13?,18-/m1/s1. The fourth-order valence-corrected chi connectivity index (χ4v) is 6.15. The Bertz CT molecular complexity index is 1410. The minimum absolute atomic E-state index is 0.169. The Hall–Kier alpha value is -3.98. The van der Waals surface area contributed by atoms with Crippen molar-refractivity contribution in [3.63, 3.8) is 0 Å². The highest BCUT2D eigenvalue weighted by atomic mass is 32.2. The van der Waals surface area contributed by atoms with E-state index in [0.717, 1.165) is 21.4 Å². The lowest BCUT2D eigenvalue weighted by Crippen LogP contribution is -2.71. The molecule has 0 aromatic carbocycles. The Morgan fingerprint density at radius 1 is 1.46 bits per heavy atom. The number of β-lactam (4-membered cyclic amide) rings is 1. The lowest BCUT2D eigenvalue weighted by atomic mass is 9.98. The number of nitrogen functional groups attached to an aromatic ring is 1. The van der Waals surface area contributed by atoms with Gasteiger partial charge in [0.15, 0.2) is 6.20 Å². The maximum atomic E-state index is 13.0. The highest BCUT2D eigenvalue weighted by Gasteiger charge is 2.53. The predicted molar refractivity (Wildman–Crippen MR) is 121 cm³/mol. The first-order chi connectivity index (χ1) is 16.9. The van der Waals surface area contributed by atoms with Gasteiger partial charge in [0, 0.05) is 17.2 Å². The molecular formula is C20H17N7O6S2. The normalized spacial score (nSPS) is 20.0. The summed E-state index contributed by atoms with van der Waals surface area (Å²) in [6, 6.07) is 0.607. The third-order valence-electron chi connectivity index (χ3n) is 5.51. The molecule has 0 saturated carbocycles. The highest BCUT2D eigenvalue weighted by Crippen LogP contribution is 2.41. The summed E-state index contributed by atoms with van der Waals surface area (Å²) in [5.41, 5.74) is 7.32. The number of thiophene rings is 1. The van der Waals surface area contributed by atoms with E-state index in [1.807, 2.05) is 16.8 Å². The number of rotatable bonds is 7. The number of hydrogen-bond acceptors (Lipinski definition) is 12. The number of nitrogens with zero attached hydrogens (tertiary/aromatic N) is 4. The van der Waals surface area contributed by atoms with E-state index in [4.69, 9.17) is 5.73 Å². The monoisotopic (exact) mass is 515 g/mol. The summed E-state index contributed by atoms with van der Waals surface area (Å²) < 4.78 is 4.66. The van der Waals surface area contributed by atoms with Crippen LogP contribution in [0.5, 0.6) is 0 Å². The van der Waals surface area contributed by atoms with Crippen LogP contribution < -0.4 is 21.1 Å².